The van der Waals surface area contributed by atoms with Gasteiger partial charge in [-0.05, 0) is 54.8 Å². The zero-order valence-electron chi connectivity index (χ0n) is 14.5. The van der Waals surface area contributed by atoms with E-state index in [0.29, 0.717) is 0 Å². The molecule has 0 fully saturated rings. The van der Waals surface area contributed by atoms with Gasteiger partial charge in [-0.25, -0.2) is 0 Å². The third-order valence-corrected chi connectivity index (χ3v) is 3.51. The van der Waals surface area contributed by atoms with Gasteiger partial charge in [0.1, 0.15) is 11.5 Å². The van der Waals surface area contributed by atoms with Crippen LogP contribution in [0, 0.1) is 0 Å². The molecule has 126 valence electrons. The van der Waals surface area contributed by atoms with E-state index in [4.69, 9.17) is 9.47 Å². The van der Waals surface area contributed by atoms with Gasteiger partial charge in [0.05, 0.1) is 14.2 Å². The molecule has 4 heteroatoms. The predicted octanol–water partition coefficient (Wildman–Crippen LogP) is 3.66. The van der Waals surface area contributed by atoms with Gasteiger partial charge in [-0.15, -0.1) is 0 Å². The fourth-order valence-electron chi connectivity index (χ4n) is 2.33. The predicted molar refractivity (Wildman–Crippen MR) is 96.3 cm³/mol. The molecule has 0 saturated carbocycles. The molecular formula is C20H23NO3. The van der Waals surface area contributed by atoms with Crippen molar-refractivity contribution in [3.05, 3.63) is 65.7 Å². The maximum Gasteiger partial charge on any atom is 0.244 e. The Hall–Kier alpha value is -2.75. The van der Waals surface area contributed by atoms with Crippen LogP contribution in [0.4, 0.5) is 0 Å². The molecule has 2 rings (SSSR count). The summed E-state index contributed by atoms with van der Waals surface area (Å²) in [6.07, 6.45) is 1.63. The van der Waals surface area contributed by atoms with E-state index in [2.05, 4.69) is 5.32 Å². The minimum absolute atomic E-state index is 0.0849. The number of rotatable bonds is 6. The molecule has 0 atom stereocenters. The normalized spacial score (nSPS) is 10.2. The van der Waals surface area contributed by atoms with E-state index in [0.717, 1.165) is 28.2 Å². The van der Waals surface area contributed by atoms with Crippen molar-refractivity contribution in [2.45, 2.75) is 19.9 Å². The third kappa shape index (κ3) is 4.62. The number of nitrogens with one attached hydrogen (secondary N) is 1. The summed E-state index contributed by atoms with van der Waals surface area (Å²) >= 11 is 0. The Morgan fingerprint density at radius 3 is 1.62 bits per heavy atom. The van der Waals surface area contributed by atoms with Crippen LogP contribution in [0.3, 0.4) is 0 Å². The summed E-state index contributed by atoms with van der Waals surface area (Å²) in [5.41, 5.74) is 2.73. The molecule has 0 saturated heterocycles. The van der Waals surface area contributed by atoms with Gasteiger partial charge in [-0.3, -0.25) is 4.79 Å². The Morgan fingerprint density at radius 2 is 1.29 bits per heavy atom. The van der Waals surface area contributed by atoms with Crippen LogP contribution < -0.4 is 14.8 Å². The van der Waals surface area contributed by atoms with Crippen LogP contribution in [0.5, 0.6) is 11.5 Å². The van der Waals surface area contributed by atoms with Crippen molar-refractivity contribution < 1.29 is 14.3 Å². The van der Waals surface area contributed by atoms with Crippen molar-refractivity contribution in [3.63, 3.8) is 0 Å². The lowest BCUT2D eigenvalue weighted by Gasteiger charge is -2.12. The van der Waals surface area contributed by atoms with Crippen molar-refractivity contribution in [2.75, 3.05) is 14.2 Å². The quantitative estimate of drug-likeness (QED) is 0.825. The highest BCUT2D eigenvalue weighted by Crippen LogP contribution is 2.26. The van der Waals surface area contributed by atoms with E-state index in [1.54, 1.807) is 20.3 Å². The summed E-state index contributed by atoms with van der Waals surface area (Å²) in [6.45, 7) is 3.87. The summed E-state index contributed by atoms with van der Waals surface area (Å²) in [5, 5.41) is 2.89. The van der Waals surface area contributed by atoms with E-state index in [9.17, 15) is 4.79 Å². The number of ether oxygens (including phenoxy) is 2. The lowest BCUT2D eigenvalue weighted by Crippen LogP contribution is -2.28. The van der Waals surface area contributed by atoms with Crippen molar-refractivity contribution in [2.24, 2.45) is 0 Å². The lowest BCUT2D eigenvalue weighted by atomic mass is 9.97. The van der Waals surface area contributed by atoms with E-state index in [1.165, 1.54) is 0 Å². The highest BCUT2D eigenvalue weighted by molar-refractivity contribution is 5.99. The topological polar surface area (TPSA) is 47.6 Å². The average molecular weight is 325 g/mol. The molecule has 24 heavy (non-hydrogen) atoms. The van der Waals surface area contributed by atoms with Crippen molar-refractivity contribution in [3.8, 4) is 11.5 Å². The molecule has 1 amide bonds. The molecule has 2 aromatic rings. The standard InChI is InChI=1S/C20H23NO3/c1-14(2)21-20(22)13-19(15-5-9-17(23-3)10-6-15)16-7-11-18(24-4)12-8-16/h5-14H,1-4H3,(H,21,22). The van der Waals surface area contributed by atoms with E-state index in [-0.39, 0.29) is 11.9 Å². The minimum atomic E-state index is -0.119. The first kappa shape index (κ1) is 17.6. The first-order chi connectivity index (χ1) is 11.5. The largest absolute Gasteiger partial charge is 0.497 e. The first-order valence-corrected chi connectivity index (χ1v) is 7.84. The Labute approximate surface area is 143 Å². The number of benzene rings is 2. The maximum atomic E-state index is 12.2. The molecule has 0 bridgehead atoms. The van der Waals surface area contributed by atoms with Gasteiger partial charge >= 0.3 is 0 Å². The van der Waals surface area contributed by atoms with Crippen molar-refractivity contribution in [1.29, 1.82) is 0 Å². The van der Waals surface area contributed by atoms with Gasteiger partial charge in [0, 0.05) is 12.1 Å². The van der Waals surface area contributed by atoms with Crippen LogP contribution in [0.1, 0.15) is 25.0 Å². The Bertz CT molecular complexity index is 651. The third-order valence-electron chi connectivity index (χ3n) is 3.51. The van der Waals surface area contributed by atoms with Crippen molar-refractivity contribution in [1.82, 2.24) is 5.32 Å². The second-order valence-electron chi connectivity index (χ2n) is 5.68. The van der Waals surface area contributed by atoms with Gasteiger partial charge in [0.25, 0.3) is 0 Å². The van der Waals surface area contributed by atoms with Gasteiger partial charge in [0.15, 0.2) is 0 Å². The summed E-state index contributed by atoms with van der Waals surface area (Å²) in [5.74, 6) is 1.44. The summed E-state index contributed by atoms with van der Waals surface area (Å²) in [6, 6.07) is 15.4. The molecule has 0 aliphatic rings. The van der Waals surface area contributed by atoms with E-state index >= 15 is 0 Å². The van der Waals surface area contributed by atoms with Crippen LogP contribution in [-0.4, -0.2) is 26.2 Å². The van der Waals surface area contributed by atoms with E-state index in [1.807, 2.05) is 62.4 Å². The highest BCUT2D eigenvalue weighted by atomic mass is 16.5. The molecule has 0 aliphatic carbocycles. The Kier molecular flexibility index (Phi) is 6.01. The molecule has 2 aromatic carbocycles. The zero-order chi connectivity index (χ0) is 17.5. The maximum absolute atomic E-state index is 12.2. The summed E-state index contributed by atoms with van der Waals surface area (Å²) in [4.78, 5) is 12.2. The first-order valence-electron chi connectivity index (χ1n) is 7.84. The molecule has 0 radical (unpaired) electrons. The van der Waals surface area contributed by atoms with Gasteiger partial charge < -0.3 is 14.8 Å². The molecular weight excluding hydrogens is 302 g/mol. The van der Waals surface area contributed by atoms with Crippen LogP contribution in [0.2, 0.25) is 0 Å². The smallest absolute Gasteiger partial charge is 0.244 e. The highest BCUT2D eigenvalue weighted by Gasteiger charge is 2.09. The zero-order valence-corrected chi connectivity index (χ0v) is 14.5. The molecule has 0 aromatic heterocycles. The fourth-order valence-corrected chi connectivity index (χ4v) is 2.33. The Morgan fingerprint density at radius 1 is 0.875 bits per heavy atom. The van der Waals surface area contributed by atoms with Crippen LogP contribution in [0.25, 0.3) is 5.57 Å². The molecule has 0 aliphatic heterocycles. The molecule has 4 nitrogen and oxygen atoms in total. The van der Waals surface area contributed by atoms with Crippen molar-refractivity contribution >= 4 is 11.5 Å². The molecule has 0 heterocycles. The van der Waals surface area contributed by atoms with Crippen LogP contribution >= 0.6 is 0 Å². The number of hydrogen-bond donors (Lipinski definition) is 1. The number of hydrogen-bond acceptors (Lipinski definition) is 3. The summed E-state index contributed by atoms with van der Waals surface area (Å²) in [7, 11) is 3.26. The second-order valence-corrected chi connectivity index (χ2v) is 5.68. The van der Waals surface area contributed by atoms with Gasteiger partial charge in [-0.1, -0.05) is 24.3 Å². The van der Waals surface area contributed by atoms with Crippen LogP contribution in [-0.2, 0) is 4.79 Å². The molecule has 0 spiro atoms. The number of amides is 1. The SMILES string of the molecule is COc1ccc(C(=CC(=O)NC(C)C)c2ccc(OC)cc2)cc1. The lowest BCUT2D eigenvalue weighted by molar-refractivity contribution is -0.116. The van der Waals surface area contributed by atoms with E-state index < -0.39 is 0 Å². The minimum Gasteiger partial charge on any atom is -0.497 e. The summed E-state index contributed by atoms with van der Waals surface area (Å²) < 4.78 is 10.4. The fraction of sp³-hybridized carbons (Fsp3) is 0.250. The monoisotopic (exact) mass is 325 g/mol. The number of carbonyl (C=O) groups is 1. The second kappa shape index (κ2) is 8.20. The average Bonchev–Trinajstić information content (AvgIpc) is 2.59. The van der Waals surface area contributed by atoms with Gasteiger partial charge in [-0.2, -0.15) is 0 Å². The molecule has 0 unspecified atom stereocenters. The van der Waals surface area contributed by atoms with Crippen LogP contribution in [0.15, 0.2) is 54.6 Å². The van der Waals surface area contributed by atoms with Gasteiger partial charge in [0.2, 0.25) is 5.91 Å². The number of carbonyl (C=O) groups excluding carboxylic acids is 1. The number of methoxy groups -OCH3 is 2. The Balaban J connectivity index is 2.42. The molecule has 1 N–H and O–H groups in total.